The molecule has 1 aromatic heterocycles. The summed E-state index contributed by atoms with van der Waals surface area (Å²) in [5.74, 6) is 0.992. The minimum absolute atomic E-state index is 0.0598. The molecule has 0 aliphatic rings. The van der Waals surface area contributed by atoms with Crippen molar-refractivity contribution in [2.24, 2.45) is 0 Å². The van der Waals surface area contributed by atoms with E-state index in [9.17, 15) is 4.79 Å². The van der Waals surface area contributed by atoms with E-state index in [0.29, 0.717) is 5.69 Å². The number of aryl methyl sites for hydroxylation is 1. The second kappa shape index (κ2) is 5.20. The van der Waals surface area contributed by atoms with E-state index in [4.69, 9.17) is 0 Å². The Balaban J connectivity index is 2.83. The van der Waals surface area contributed by atoms with Crippen LogP contribution in [0.25, 0.3) is 0 Å². The molecule has 0 radical (unpaired) electrons. The highest BCUT2D eigenvalue weighted by molar-refractivity contribution is 7.98. The molecular formula is C10H16N2OS. The molecule has 0 aliphatic carbocycles. The fraction of sp³-hybridized carbons (Fsp3) is 0.600. The summed E-state index contributed by atoms with van der Waals surface area (Å²) < 4.78 is 0. The van der Waals surface area contributed by atoms with E-state index >= 15 is 0 Å². The third-order valence-corrected chi connectivity index (χ3v) is 2.71. The van der Waals surface area contributed by atoms with E-state index < -0.39 is 0 Å². The fourth-order valence-electron chi connectivity index (χ4n) is 1.25. The van der Waals surface area contributed by atoms with Crippen LogP contribution in [0, 0.1) is 0 Å². The molecular weight excluding hydrogens is 196 g/mol. The minimum atomic E-state index is 0.0598. The Morgan fingerprint density at radius 2 is 2.29 bits per heavy atom. The molecule has 1 rings (SSSR count). The number of aromatic nitrogens is 2. The van der Waals surface area contributed by atoms with Gasteiger partial charge in [-0.2, -0.15) is 0 Å². The van der Waals surface area contributed by atoms with Crippen LogP contribution in [-0.4, -0.2) is 22.0 Å². The van der Waals surface area contributed by atoms with Gasteiger partial charge in [-0.1, -0.05) is 13.3 Å². The Morgan fingerprint density at radius 3 is 2.71 bits per heavy atom. The van der Waals surface area contributed by atoms with Crippen molar-refractivity contribution < 1.29 is 4.79 Å². The first-order valence-electron chi connectivity index (χ1n) is 4.82. The summed E-state index contributed by atoms with van der Waals surface area (Å²) in [5.41, 5.74) is 0.656. The third kappa shape index (κ3) is 2.61. The highest BCUT2D eigenvalue weighted by atomic mass is 32.2. The molecule has 1 N–H and O–H groups in total. The molecule has 0 fully saturated rings. The first-order valence-corrected chi connectivity index (χ1v) is 6.05. The Morgan fingerprint density at radius 1 is 1.57 bits per heavy atom. The van der Waals surface area contributed by atoms with Crippen LogP contribution in [0.5, 0.6) is 0 Å². The quantitative estimate of drug-likeness (QED) is 0.603. The zero-order valence-electron chi connectivity index (χ0n) is 8.89. The fourth-order valence-corrected chi connectivity index (χ4v) is 1.85. The van der Waals surface area contributed by atoms with E-state index in [1.54, 1.807) is 6.92 Å². The smallest absolute Gasteiger partial charge is 0.178 e. The number of nitrogens with zero attached hydrogens (tertiary/aromatic N) is 1. The molecule has 0 saturated heterocycles. The normalized spacial score (nSPS) is 10.5. The maximum absolute atomic E-state index is 11.2. The van der Waals surface area contributed by atoms with Gasteiger partial charge < -0.3 is 4.98 Å². The lowest BCUT2D eigenvalue weighted by molar-refractivity contribution is 0.101. The number of rotatable bonds is 5. The number of hydrogen-bond acceptors (Lipinski definition) is 3. The zero-order valence-corrected chi connectivity index (χ0v) is 9.70. The SMILES string of the molecule is CCCCc1nc(SC)c(C(C)=O)[nH]1. The van der Waals surface area contributed by atoms with Crippen LogP contribution in [0.3, 0.4) is 0 Å². The number of carbonyl (C=O) groups excluding carboxylic acids is 1. The Bertz CT molecular complexity index is 320. The number of Topliss-reactive ketones (excluding diaryl/α,β-unsaturated/α-hetero) is 1. The molecule has 1 aromatic rings. The van der Waals surface area contributed by atoms with E-state index in [-0.39, 0.29) is 5.78 Å². The van der Waals surface area contributed by atoms with Crippen LogP contribution >= 0.6 is 11.8 Å². The first-order chi connectivity index (χ1) is 6.69. The summed E-state index contributed by atoms with van der Waals surface area (Å²) >= 11 is 1.51. The van der Waals surface area contributed by atoms with Crippen LogP contribution in [0.4, 0.5) is 0 Å². The van der Waals surface area contributed by atoms with Gasteiger partial charge in [0.05, 0.1) is 0 Å². The van der Waals surface area contributed by atoms with Crippen LogP contribution in [0.2, 0.25) is 0 Å². The molecule has 14 heavy (non-hydrogen) atoms. The predicted octanol–water partition coefficient (Wildman–Crippen LogP) is 2.68. The molecule has 0 atom stereocenters. The topological polar surface area (TPSA) is 45.8 Å². The number of carbonyl (C=O) groups is 1. The van der Waals surface area contributed by atoms with Crippen molar-refractivity contribution >= 4 is 17.5 Å². The standard InChI is InChI=1S/C10H16N2OS/c1-4-5-6-8-11-9(7(2)13)10(12-8)14-3/h4-6H2,1-3H3,(H,11,12). The molecule has 1 heterocycles. The summed E-state index contributed by atoms with van der Waals surface area (Å²) in [6.45, 7) is 3.71. The molecule has 3 nitrogen and oxygen atoms in total. The van der Waals surface area contributed by atoms with Gasteiger partial charge in [-0.3, -0.25) is 4.79 Å². The van der Waals surface area contributed by atoms with Crippen LogP contribution < -0.4 is 0 Å². The summed E-state index contributed by atoms with van der Waals surface area (Å²) in [5, 5.41) is 0.823. The summed E-state index contributed by atoms with van der Waals surface area (Å²) in [6.07, 6.45) is 5.12. The molecule has 0 saturated carbocycles. The molecule has 4 heteroatoms. The highest BCUT2D eigenvalue weighted by Crippen LogP contribution is 2.18. The van der Waals surface area contributed by atoms with Gasteiger partial charge in [-0.25, -0.2) is 4.98 Å². The van der Waals surface area contributed by atoms with Crippen molar-refractivity contribution in [2.75, 3.05) is 6.26 Å². The van der Waals surface area contributed by atoms with Crippen LogP contribution in [0.1, 0.15) is 43.0 Å². The van der Waals surface area contributed by atoms with Crippen LogP contribution in [-0.2, 0) is 6.42 Å². The second-order valence-corrected chi connectivity index (χ2v) is 4.02. The Labute approximate surface area is 88.7 Å². The lowest BCUT2D eigenvalue weighted by atomic mass is 10.2. The number of unbranched alkanes of at least 4 members (excludes halogenated alkanes) is 1. The van der Waals surface area contributed by atoms with Gasteiger partial charge >= 0.3 is 0 Å². The third-order valence-electron chi connectivity index (χ3n) is 2.03. The number of imidazole rings is 1. The van der Waals surface area contributed by atoms with Crippen molar-refractivity contribution in [3.05, 3.63) is 11.5 Å². The molecule has 0 aliphatic heterocycles. The van der Waals surface area contributed by atoms with E-state index in [0.717, 1.165) is 30.1 Å². The Kier molecular flexibility index (Phi) is 4.20. The Hall–Kier alpha value is -0.770. The summed E-state index contributed by atoms with van der Waals surface area (Å²) in [7, 11) is 0. The van der Waals surface area contributed by atoms with Gasteiger partial charge in [0.15, 0.2) is 5.78 Å². The molecule has 0 unspecified atom stereocenters. The number of ketones is 1. The molecule has 0 amide bonds. The van der Waals surface area contributed by atoms with Crippen molar-refractivity contribution in [3.8, 4) is 0 Å². The average Bonchev–Trinajstić information content (AvgIpc) is 2.57. The first kappa shape index (κ1) is 11.3. The largest absolute Gasteiger partial charge is 0.339 e. The second-order valence-electron chi connectivity index (χ2n) is 3.23. The summed E-state index contributed by atoms with van der Waals surface area (Å²) in [6, 6.07) is 0. The van der Waals surface area contributed by atoms with E-state index in [2.05, 4.69) is 16.9 Å². The number of hydrogen-bond donors (Lipinski definition) is 1. The van der Waals surface area contributed by atoms with Crippen LogP contribution in [0.15, 0.2) is 5.03 Å². The van der Waals surface area contributed by atoms with Gasteiger partial charge in [0.1, 0.15) is 16.5 Å². The molecule has 78 valence electrons. The predicted molar refractivity (Wildman–Crippen MR) is 59.0 cm³/mol. The lowest BCUT2D eigenvalue weighted by Crippen LogP contribution is -1.94. The highest BCUT2D eigenvalue weighted by Gasteiger charge is 2.12. The van der Waals surface area contributed by atoms with Gasteiger partial charge in [-0.05, 0) is 12.7 Å². The van der Waals surface area contributed by atoms with Gasteiger partial charge in [0, 0.05) is 13.3 Å². The average molecular weight is 212 g/mol. The molecule has 0 bridgehead atoms. The lowest BCUT2D eigenvalue weighted by Gasteiger charge is -1.92. The molecule has 0 aromatic carbocycles. The van der Waals surface area contributed by atoms with E-state index in [1.807, 2.05) is 6.26 Å². The van der Waals surface area contributed by atoms with Crippen molar-refractivity contribution in [1.82, 2.24) is 9.97 Å². The number of H-pyrrole nitrogens is 1. The number of thioether (sulfide) groups is 1. The van der Waals surface area contributed by atoms with Gasteiger partial charge in [-0.15, -0.1) is 11.8 Å². The number of aromatic amines is 1. The molecule has 0 spiro atoms. The van der Waals surface area contributed by atoms with E-state index in [1.165, 1.54) is 11.8 Å². The van der Waals surface area contributed by atoms with Gasteiger partial charge in [0.25, 0.3) is 0 Å². The summed E-state index contributed by atoms with van der Waals surface area (Å²) in [4.78, 5) is 18.7. The van der Waals surface area contributed by atoms with Crippen molar-refractivity contribution in [2.45, 2.75) is 38.1 Å². The number of nitrogens with one attached hydrogen (secondary N) is 1. The maximum atomic E-state index is 11.2. The van der Waals surface area contributed by atoms with Gasteiger partial charge in [0.2, 0.25) is 0 Å². The minimum Gasteiger partial charge on any atom is -0.339 e. The maximum Gasteiger partial charge on any atom is 0.178 e. The van der Waals surface area contributed by atoms with Crippen molar-refractivity contribution in [1.29, 1.82) is 0 Å². The zero-order chi connectivity index (χ0) is 10.6. The monoisotopic (exact) mass is 212 g/mol. The van der Waals surface area contributed by atoms with Crippen molar-refractivity contribution in [3.63, 3.8) is 0 Å².